The first-order valence-corrected chi connectivity index (χ1v) is 7.71. The second kappa shape index (κ2) is 9.12. The van der Waals surface area contributed by atoms with Gasteiger partial charge in [0.2, 0.25) is 5.91 Å². The Bertz CT molecular complexity index is 536. The molecule has 7 nitrogen and oxygen atoms in total. The minimum Gasteiger partial charge on any atom is -0.482 e. The molecule has 0 aromatic heterocycles. The molecular formula is C16H23N3O4. The van der Waals surface area contributed by atoms with E-state index < -0.39 is 0 Å². The van der Waals surface area contributed by atoms with E-state index in [-0.39, 0.29) is 24.8 Å². The molecule has 23 heavy (non-hydrogen) atoms. The molecule has 0 spiro atoms. The van der Waals surface area contributed by atoms with Gasteiger partial charge in [-0.05, 0) is 12.1 Å². The topological polar surface area (TPSA) is 79.9 Å². The Hall–Kier alpha value is -2.12. The molecule has 0 unspecified atom stereocenters. The van der Waals surface area contributed by atoms with Crippen LogP contribution in [-0.2, 0) is 14.3 Å². The zero-order valence-corrected chi connectivity index (χ0v) is 13.3. The zero-order chi connectivity index (χ0) is 16.5. The quantitative estimate of drug-likeness (QED) is 0.633. The van der Waals surface area contributed by atoms with Gasteiger partial charge >= 0.3 is 0 Å². The molecule has 0 bridgehead atoms. The molecule has 1 heterocycles. The number of hydrogen-bond acceptors (Lipinski definition) is 5. The van der Waals surface area contributed by atoms with Crippen LogP contribution in [0.2, 0.25) is 0 Å². The lowest BCUT2D eigenvalue weighted by atomic mass is 10.2. The van der Waals surface area contributed by atoms with E-state index in [0.717, 1.165) is 12.2 Å². The van der Waals surface area contributed by atoms with Gasteiger partial charge in [0.1, 0.15) is 5.75 Å². The number of nitrogens with one attached hydrogen (secondary N) is 2. The molecule has 1 aromatic rings. The van der Waals surface area contributed by atoms with Crippen LogP contribution < -0.4 is 20.3 Å². The van der Waals surface area contributed by atoms with Gasteiger partial charge in [-0.15, -0.1) is 0 Å². The van der Waals surface area contributed by atoms with Gasteiger partial charge in [-0.25, -0.2) is 0 Å². The van der Waals surface area contributed by atoms with E-state index in [0.29, 0.717) is 32.0 Å². The van der Waals surface area contributed by atoms with E-state index in [2.05, 4.69) is 10.6 Å². The van der Waals surface area contributed by atoms with Gasteiger partial charge in [-0.3, -0.25) is 9.59 Å². The number of methoxy groups -OCH3 is 1. The fourth-order valence-corrected chi connectivity index (χ4v) is 2.29. The third kappa shape index (κ3) is 5.22. The van der Waals surface area contributed by atoms with E-state index in [1.165, 1.54) is 0 Å². The first kappa shape index (κ1) is 17.2. The van der Waals surface area contributed by atoms with Crippen molar-refractivity contribution in [3.63, 3.8) is 0 Å². The van der Waals surface area contributed by atoms with Crippen LogP contribution >= 0.6 is 0 Å². The zero-order valence-electron chi connectivity index (χ0n) is 13.3. The van der Waals surface area contributed by atoms with Crippen molar-refractivity contribution >= 4 is 17.5 Å². The molecule has 126 valence electrons. The number of ether oxygens (including phenoxy) is 2. The molecule has 2 rings (SSSR count). The maximum atomic E-state index is 12.0. The summed E-state index contributed by atoms with van der Waals surface area (Å²) in [4.78, 5) is 25.4. The SMILES string of the molecule is COCCNCCNC(=O)CCN1C(=O)COc2ccccc21. The summed E-state index contributed by atoms with van der Waals surface area (Å²) in [5.41, 5.74) is 0.720. The van der Waals surface area contributed by atoms with Crippen molar-refractivity contribution in [3.05, 3.63) is 24.3 Å². The number of nitrogens with zero attached hydrogens (tertiary/aromatic N) is 1. The van der Waals surface area contributed by atoms with Crippen molar-refractivity contribution in [1.82, 2.24) is 10.6 Å². The molecule has 1 aliphatic heterocycles. The number of fused-ring (bicyclic) bond motifs is 1. The van der Waals surface area contributed by atoms with Gasteiger partial charge in [0.25, 0.3) is 5.91 Å². The van der Waals surface area contributed by atoms with Gasteiger partial charge < -0.3 is 25.0 Å². The molecule has 1 aliphatic rings. The van der Waals surface area contributed by atoms with Crippen LogP contribution in [0.5, 0.6) is 5.75 Å². The summed E-state index contributed by atoms with van der Waals surface area (Å²) in [6.07, 6.45) is 0.262. The van der Waals surface area contributed by atoms with Gasteiger partial charge in [-0.2, -0.15) is 0 Å². The average molecular weight is 321 g/mol. The van der Waals surface area contributed by atoms with Gasteiger partial charge in [-0.1, -0.05) is 12.1 Å². The summed E-state index contributed by atoms with van der Waals surface area (Å²) in [5.74, 6) is 0.475. The molecule has 2 amide bonds. The molecule has 0 fully saturated rings. The predicted octanol–water partition coefficient (Wildman–Crippen LogP) is 0.154. The number of carbonyl (C=O) groups excluding carboxylic acids is 2. The van der Waals surface area contributed by atoms with E-state index >= 15 is 0 Å². The number of benzene rings is 1. The van der Waals surface area contributed by atoms with Crippen LogP contribution in [0.25, 0.3) is 0 Å². The third-order valence-electron chi connectivity index (χ3n) is 3.48. The summed E-state index contributed by atoms with van der Waals surface area (Å²) in [7, 11) is 1.65. The van der Waals surface area contributed by atoms with Crippen molar-refractivity contribution in [2.45, 2.75) is 6.42 Å². The normalized spacial score (nSPS) is 13.4. The van der Waals surface area contributed by atoms with E-state index in [1.54, 1.807) is 12.0 Å². The highest BCUT2D eigenvalue weighted by molar-refractivity contribution is 5.98. The molecule has 7 heteroatoms. The van der Waals surface area contributed by atoms with Crippen LogP contribution in [0.15, 0.2) is 24.3 Å². The fourth-order valence-electron chi connectivity index (χ4n) is 2.29. The van der Waals surface area contributed by atoms with Crippen LogP contribution in [0.1, 0.15) is 6.42 Å². The number of para-hydroxylation sites is 2. The number of hydrogen-bond donors (Lipinski definition) is 2. The lowest BCUT2D eigenvalue weighted by Crippen LogP contribution is -2.41. The summed E-state index contributed by atoms with van der Waals surface area (Å²) in [5, 5.41) is 5.97. The maximum absolute atomic E-state index is 12.0. The van der Waals surface area contributed by atoms with Crippen LogP contribution in [0.3, 0.4) is 0 Å². The van der Waals surface area contributed by atoms with Crippen molar-refractivity contribution in [3.8, 4) is 5.75 Å². The maximum Gasteiger partial charge on any atom is 0.265 e. The first-order valence-electron chi connectivity index (χ1n) is 7.71. The molecule has 0 saturated carbocycles. The second-order valence-electron chi connectivity index (χ2n) is 5.14. The lowest BCUT2D eigenvalue weighted by molar-refractivity contribution is -0.122. The Kier molecular flexibility index (Phi) is 6.83. The smallest absolute Gasteiger partial charge is 0.265 e. The highest BCUT2D eigenvalue weighted by atomic mass is 16.5. The van der Waals surface area contributed by atoms with E-state index in [9.17, 15) is 9.59 Å². The summed E-state index contributed by atoms with van der Waals surface area (Å²) in [6.45, 7) is 3.01. The van der Waals surface area contributed by atoms with Crippen molar-refractivity contribution in [2.75, 3.05) is 51.4 Å². The molecule has 0 saturated heterocycles. The Morgan fingerprint density at radius 2 is 2.13 bits per heavy atom. The summed E-state index contributed by atoms with van der Waals surface area (Å²) in [6, 6.07) is 7.35. The lowest BCUT2D eigenvalue weighted by Gasteiger charge is -2.29. The van der Waals surface area contributed by atoms with E-state index in [4.69, 9.17) is 9.47 Å². The van der Waals surface area contributed by atoms with Crippen molar-refractivity contribution < 1.29 is 19.1 Å². The van der Waals surface area contributed by atoms with Gasteiger partial charge in [0, 0.05) is 39.7 Å². The number of anilines is 1. The Morgan fingerprint density at radius 1 is 1.30 bits per heavy atom. The standard InChI is InChI=1S/C16H23N3O4/c1-22-11-9-17-7-8-18-15(20)6-10-19-13-4-2-3-5-14(13)23-12-16(19)21/h2-5,17H,6-12H2,1H3,(H,18,20). The number of rotatable bonds is 9. The average Bonchev–Trinajstić information content (AvgIpc) is 2.57. The van der Waals surface area contributed by atoms with Gasteiger partial charge in [0.15, 0.2) is 6.61 Å². The van der Waals surface area contributed by atoms with Crippen molar-refractivity contribution in [1.29, 1.82) is 0 Å². The van der Waals surface area contributed by atoms with Crippen LogP contribution in [0, 0.1) is 0 Å². The Labute approximate surface area is 135 Å². The Morgan fingerprint density at radius 3 is 2.96 bits per heavy atom. The van der Waals surface area contributed by atoms with Crippen LogP contribution in [-0.4, -0.2) is 58.3 Å². The molecular weight excluding hydrogens is 298 g/mol. The number of carbonyl (C=O) groups is 2. The van der Waals surface area contributed by atoms with Gasteiger partial charge in [0.05, 0.1) is 12.3 Å². The highest BCUT2D eigenvalue weighted by Gasteiger charge is 2.25. The minimum absolute atomic E-state index is 0.0159. The summed E-state index contributed by atoms with van der Waals surface area (Å²) >= 11 is 0. The molecule has 2 N–H and O–H groups in total. The largest absolute Gasteiger partial charge is 0.482 e. The minimum atomic E-state index is -0.127. The predicted molar refractivity (Wildman–Crippen MR) is 86.7 cm³/mol. The number of amides is 2. The third-order valence-corrected chi connectivity index (χ3v) is 3.48. The summed E-state index contributed by atoms with van der Waals surface area (Å²) < 4.78 is 10.3. The Balaban J connectivity index is 1.73. The molecule has 0 radical (unpaired) electrons. The highest BCUT2D eigenvalue weighted by Crippen LogP contribution is 2.31. The monoisotopic (exact) mass is 321 g/mol. The molecule has 1 aromatic carbocycles. The van der Waals surface area contributed by atoms with Crippen molar-refractivity contribution in [2.24, 2.45) is 0 Å². The molecule has 0 aliphatic carbocycles. The van der Waals surface area contributed by atoms with Crippen LogP contribution in [0.4, 0.5) is 5.69 Å². The first-order chi connectivity index (χ1) is 11.2. The molecule has 0 atom stereocenters. The van der Waals surface area contributed by atoms with E-state index in [1.807, 2.05) is 24.3 Å². The second-order valence-corrected chi connectivity index (χ2v) is 5.14. The fraction of sp³-hybridized carbons (Fsp3) is 0.500.